The minimum Gasteiger partial charge on any atom is -0.496 e. The number of carbonyl (C=O) groups excluding carboxylic acids is 2. The van der Waals surface area contributed by atoms with Crippen LogP contribution < -0.4 is 9.64 Å². The van der Waals surface area contributed by atoms with Gasteiger partial charge in [-0.1, -0.05) is 44.2 Å². The van der Waals surface area contributed by atoms with Gasteiger partial charge in [0.1, 0.15) is 23.9 Å². The van der Waals surface area contributed by atoms with Gasteiger partial charge in [0.2, 0.25) is 5.60 Å². The van der Waals surface area contributed by atoms with E-state index in [1.54, 1.807) is 7.11 Å². The summed E-state index contributed by atoms with van der Waals surface area (Å²) in [5.74, 6) is -2.10. The smallest absolute Gasteiger partial charge is 0.342 e. The number of carboxylic acids is 1. The highest BCUT2D eigenvalue weighted by Crippen LogP contribution is 2.67. The van der Waals surface area contributed by atoms with Gasteiger partial charge in [-0.25, -0.2) is 9.59 Å². The number of nitrogens with one attached hydrogen (secondary N) is 1. The van der Waals surface area contributed by atoms with Crippen LogP contribution in [0.3, 0.4) is 0 Å². The zero-order valence-corrected chi connectivity index (χ0v) is 35.9. The number of likely N-dealkylation sites (N-methyl/N-ethyl adjacent to an activating group) is 1. The van der Waals surface area contributed by atoms with Crippen LogP contribution in [0.15, 0.2) is 48.6 Å². The lowest BCUT2D eigenvalue weighted by Crippen LogP contribution is -2.80. The average molecular weight is 845 g/mol. The van der Waals surface area contributed by atoms with Crippen LogP contribution in [0.1, 0.15) is 68.3 Å². The summed E-state index contributed by atoms with van der Waals surface area (Å²) < 4.78 is 17.6. The Labute approximate surface area is 355 Å². The number of aliphatic carboxylic acids is 1. The summed E-state index contributed by atoms with van der Waals surface area (Å²) in [5.41, 5.74) is -1.43. The molecule has 9 rings (SSSR count). The zero-order chi connectivity index (χ0) is 43.9. The summed E-state index contributed by atoms with van der Waals surface area (Å²) in [6, 6.07) is 11.1. The first kappa shape index (κ1) is 43.2. The van der Waals surface area contributed by atoms with E-state index in [2.05, 4.69) is 26.9 Å². The van der Waals surface area contributed by atoms with Crippen LogP contribution in [0, 0.1) is 11.3 Å². The lowest BCUT2D eigenvalue weighted by Gasteiger charge is -2.63. The van der Waals surface area contributed by atoms with E-state index >= 15 is 4.79 Å². The predicted octanol–water partition coefficient (Wildman–Crippen LogP) is 2.48. The number of carbonyl (C=O) groups is 3. The summed E-state index contributed by atoms with van der Waals surface area (Å²) in [6.45, 7) is 6.63. The van der Waals surface area contributed by atoms with Crippen molar-refractivity contribution >= 4 is 34.5 Å². The minimum absolute atomic E-state index is 0.0795. The van der Waals surface area contributed by atoms with Crippen molar-refractivity contribution in [2.75, 3.05) is 72.6 Å². The van der Waals surface area contributed by atoms with Gasteiger partial charge >= 0.3 is 17.9 Å². The van der Waals surface area contributed by atoms with Crippen molar-refractivity contribution in [2.24, 2.45) is 11.3 Å². The average Bonchev–Trinajstić information content (AvgIpc) is 3.93. The fraction of sp³-hybridized carbons (Fsp3) is 0.587. The number of piperidine rings is 1. The number of carboxylic acid groups (broad SMARTS) is 1. The van der Waals surface area contributed by atoms with E-state index < -0.39 is 64.1 Å². The maximum Gasteiger partial charge on any atom is 0.342 e. The number of methoxy groups -OCH3 is 3. The van der Waals surface area contributed by atoms with Gasteiger partial charge in [-0.15, -0.1) is 0 Å². The van der Waals surface area contributed by atoms with Gasteiger partial charge in [0.25, 0.3) is 0 Å². The number of esters is 2. The number of aromatic amines is 1. The SMILES string of the molecule is CC[C@]1(O)CC2CN(CCc3c([nH]c4ccccc34)[C@@](C(=O)OC)(c3cc4c(cc3OC)N(C)C3C45CCN4CC=C[C@](CC)(C45)[C@@H](O)[C@]3(O)C(=O)OC)C2)C1.O=C(O)CO. The third-order valence-electron chi connectivity index (χ3n) is 15.5. The third kappa shape index (κ3) is 5.94. The van der Waals surface area contributed by atoms with Crippen molar-refractivity contribution in [1.82, 2.24) is 14.8 Å². The molecule has 1 aliphatic carbocycles. The van der Waals surface area contributed by atoms with E-state index in [4.69, 9.17) is 29.2 Å². The Morgan fingerprint density at radius 3 is 2.33 bits per heavy atom. The molecule has 61 heavy (non-hydrogen) atoms. The van der Waals surface area contributed by atoms with Crippen molar-refractivity contribution in [3.8, 4) is 5.75 Å². The molecular weight excluding hydrogens is 785 g/mol. The minimum atomic E-state index is -2.29. The topological polar surface area (TPSA) is 206 Å². The van der Waals surface area contributed by atoms with E-state index in [0.717, 1.165) is 46.5 Å². The zero-order valence-electron chi connectivity index (χ0n) is 35.9. The summed E-state index contributed by atoms with van der Waals surface area (Å²) in [7, 11) is 6.17. The number of aliphatic hydroxyl groups excluding tert-OH is 2. The lowest BCUT2D eigenvalue weighted by atomic mass is 9.47. The number of benzene rings is 2. The van der Waals surface area contributed by atoms with Gasteiger partial charge in [-0.2, -0.15) is 0 Å². The molecule has 3 aromatic rings. The highest BCUT2D eigenvalue weighted by atomic mass is 16.5. The summed E-state index contributed by atoms with van der Waals surface area (Å²) in [6.07, 6.45) is 5.82. The molecule has 5 aliphatic heterocycles. The van der Waals surface area contributed by atoms with E-state index in [1.807, 2.05) is 62.2 Å². The monoisotopic (exact) mass is 844 g/mol. The predicted molar refractivity (Wildman–Crippen MR) is 226 cm³/mol. The fourth-order valence-corrected chi connectivity index (χ4v) is 13.2. The number of hydrogen-bond acceptors (Lipinski definition) is 13. The molecule has 1 aromatic heterocycles. The van der Waals surface area contributed by atoms with Crippen LogP contribution in [-0.4, -0.2) is 155 Å². The molecule has 2 saturated heterocycles. The molecule has 5 unspecified atom stereocenters. The van der Waals surface area contributed by atoms with Crippen molar-refractivity contribution in [3.63, 3.8) is 0 Å². The molecule has 1 spiro atoms. The molecule has 2 bridgehead atoms. The first-order chi connectivity index (χ1) is 29.1. The quantitative estimate of drug-likeness (QED) is 0.150. The normalized spacial score (nSPS) is 35.9. The molecule has 0 radical (unpaired) electrons. The largest absolute Gasteiger partial charge is 0.496 e. The first-order valence-electron chi connectivity index (χ1n) is 21.4. The Hall–Kier alpha value is -4.51. The van der Waals surface area contributed by atoms with Crippen LogP contribution in [0.5, 0.6) is 5.75 Å². The van der Waals surface area contributed by atoms with Crippen LogP contribution in [-0.2, 0) is 41.1 Å². The summed E-state index contributed by atoms with van der Waals surface area (Å²) in [4.78, 5) is 48.8. The van der Waals surface area contributed by atoms with Crippen LogP contribution >= 0.6 is 0 Å². The van der Waals surface area contributed by atoms with Gasteiger partial charge in [0.15, 0.2) is 0 Å². The molecule has 15 heteroatoms. The van der Waals surface area contributed by atoms with Crippen molar-refractivity contribution in [2.45, 2.75) is 92.6 Å². The van der Waals surface area contributed by atoms with E-state index in [9.17, 15) is 20.1 Å². The second-order valence-corrected chi connectivity index (χ2v) is 18.2. The summed E-state index contributed by atoms with van der Waals surface area (Å²) in [5, 5.41) is 53.3. The molecule has 15 nitrogen and oxygen atoms in total. The number of ether oxygens (including phenoxy) is 3. The van der Waals surface area contributed by atoms with Crippen molar-refractivity contribution in [3.05, 3.63) is 70.9 Å². The van der Waals surface area contributed by atoms with Gasteiger partial charge in [0.05, 0.1) is 33.0 Å². The molecule has 330 valence electrons. The molecule has 6 N–H and O–H groups in total. The third-order valence-corrected chi connectivity index (χ3v) is 15.5. The fourth-order valence-electron chi connectivity index (χ4n) is 13.2. The number of para-hydroxylation sites is 1. The number of rotatable bonds is 7. The van der Waals surface area contributed by atoms with Gasteiger partial charge in [-0.05, 0) is 74.2 Å². The van der Waals surface area contributed by atoms with E-state index in [-0.39, 0.29) is 12.0 Å². The maximum absolute atomic E-state index is 15.2. The second kappa shape index (κ2) is 15.4. The maximum atomic E-state index is 15.2. The van der Waals surface area contributed by atoms with E-state index in [1.165, 1.54) is 14.2 Å². The molecule has 6 heterocycles. The number of anilines is 1. The second-order valence-electron chi connectivity index (χ2n) is 18.2. The van der Waals surface area contributed by atoms with Gasteiger partial charge in [-0.3, -0.25) is 14.6 Å². The number of H-pyrrole nitrogens is 1. The summed E-state index contributed by atoms with van der Waals surface area (Å²) >= 11 is 0. The molecule has 2 aromatic carbocycles. The molecule has 3 fully saturated rings. The van der Waals surface area contributed by atoms with Gasteiger partial charge < -0.3 is 49.6 Å². The van der Waals surface area contributed by atoms with Crippen LogP contribution in [0.25, 0.3) is 10.9 Å². The Kier molecular flexibility index (Phi) is 10.9. The van der Waals surface area contributed by atoms with Gasteiger partial charge in [0, 0.05) is 84.0 Å². The number of aromatic nitrogens is 1. The number of aliphatic hydroxyl groups is 4. The molecule has 6 aliphatic rings. The Morgan fingerprint density at radius 1 is 0.951 bits per heavy atom. The highest BCUT2D eigenvalue weighted by Gasteiger charge is 2.79. The molecule has 10 atom stereocenters. The lowest BCUT2D eigenvalue weighted by molar-refractivity contribution is -0.218. The van der Waals surface area contributed by atoms with Crippen molar-refractivity contribution in [1.29, 1.82) is 0 Å². The van der Waals surface area contributed by atoms with Crippen molar-refractivity contribution < 1.29 is 54.1 Å². The number of fused-ring (bicyclic) bond motifs is 6. The van der Waals surface area contributed by atoms with E-state index in [0.29, 0.717) is 69.5 Å². The number of hydrogen-bond donors (Lipinski definition) is 6. The standard InChI is InChI=1S/C44H56N4O8.C2H4O3/c1-7-40(52)22-26-23-43(38(50)55-5,34-28(14-18-47(24-26)25-40)27-12-9-10-13-31(27)45-34)30-20-29-32(21-33(30)54-4)46(3)36-42(29)16-19-48-17-11-15-41(8-2,35(42)48)37(49)44(36,53)39(51)56-6;3-1-2(4)5/h9-13,15,20-21,26,35-37,45,49,52-53H,7-8,14,16-19,22-25H2,1-6H3;3H,1H2,(H,4,5)/t26?,35?,36?,37-,40+,41-,42?,43+,44+;/m1./s1. The Morgan fingerprint density at radius 2 is 1.67 bits per heavy atom. The first-order valence-corrected chi connectivity index (χ1v) is 21.4. The molecule has 0 amide bonds. The molecule has 1 saturated carbocycles. The van der Waals surface area contributed by atoms with Crippen LogP contribution in [0.4, 0.5) is 5.69 Å². The van der Waals surface area contributed by atoms with Crippen LogP contribution in [0.2, 0.25) is 0 Å². The Balaban J connectivity index is 0.000000973. The Bertz CT molecular complexity index is 2260. The highest BCUT2D eigenvalue weighted by molar-refractivity contribution is 5.95. The molecular formula is C46H60N4O11. The number of nitrogens with zero attached hydrogens (tertiary/aromatic N) is 3.